The van der Waals surface area contributed by atoms with Crippen molar-refractivity contribution >= 4 is 5.69 Å². The van der Waals surface area contributed by atoms with Crippen molar-refractivity contribution in [2.24, 2.45) is 0 Å². The monoisotopic (exact) mass is 300 g/mol. The molecular formula is C16H23F3N2. The van der Waals surface area contributed by atoms with Crippen molar-refractivity contribution in [3.05, 3.63) is 29.8 Å². The third kappa shape index (κ3) is 4.92. The summed E-state index contributed by atoms with van der Waals surface area (Å²) in [6.07, 6.45) is 1.25. The van der Waals surface area contributed by atoms with Crippen LogP contribution in [-0.4, -0.2) is 18.6 Å². The van der Waals surface area contributed by atoms with Crippen molar-refractivity contribution in [1.29, 1.82) is 0 Å². The predicted molar refractivity (Wildman–Crippen MR) is 79.4 cm³/mol. The molecular weight excluding hydrogens is 277 g/mol. The molecule has 1 aliphatic rings. The van der Waals surface area contributed by atoms with E-state index in [0.717, 1.165) is 25.5 Å². The zero-order valence-electron chi connectivity index (χ0n) is 12.3. The Morgan fingerprint density at radius 3 is 2.76 bits per heavy atom. The first-order valence-electron chi connectivity index (χ1n) is 7.63. The average Bonchev–Trinajstić information content (AvgIpc) is 2.66. The summed E-state index contributed by atoms with van der Waals surface area (Å²) in [6.45, 7) is 2.95. The van der Waals surface area contributed by atoms with Crippen LogP contribution in [0.3, 0.4) is 0 Å². The van der Waals surface area contributed by atoms with E-state index in [1.165, 1.54) is 31.4 Å². The highest BCUT2D eigenvalue weighted by Crippen LogP contribution is 2.35. The molecule has 2 unspecified atom stereocenters. The van der Waals surface area contributed by atoms with E-state index in [-0.39, 0.29) is 11.7 Å². The summed E-state index contributed by atoms with van der Waals surface area (Å²) >= 11 is 0. The van der Waals surface area contributed by atoms with Gasteiger partial charge in [0.2, 0.25) is 0 Å². The zero-order valence-corrected chi connectivity index (χ0v) is 12.3. The van der Waals surface area contributed by atoms with E-state index in [4.69, 9.17) is 0 Å². The smallest absolute Gasteiger partial charge is 0.382 e. The normalized spacial score (nSPS) is 21.6. The van der Waals surface area contributed by atoms with Crippen LogP contribution in [0, 0.1) is 0 Å². The minimum atomic E-state index is -4.32. The molecule has 1 aromatic rings. The third-order valence-corrected chi connectivity index (χ3v) is 3.93. The molecule has 1 aromatic carbocycles. The van der Waals surface area contributed by atoms with Gasteiger partial charge in [0.25, 0.3) is 0 Å². The molecule has 2 nitrogen and oxygen atoms in total. The van der Waals surface area contributed by atoms with Crippen LogP contribution in [0.5, 0.6) is 0 Å². The molecule has 1 saturated heterocycles. The Kier molecular flexibility index (Phi) is 5.51. The maximum Gasteiger partial charge on any atom is 0.418 e. The van der Waals surface area contributed by atoms with E-state index in [1.807, 2.05) is 6.92 Å². The summed E-state index contributed by atoms with van der Waals surface area (Å²) in [5.74, 6) is 0. The fraction of sp³-hybridized carbons (Fsp3) is 0.625. The zero-order chi connectivity index (χ0) is 15.3. The van der Waals surface area contributed by atoms with Gasteiger partial charge in [-0.1, -0.05) is 25.0 Å². The van der Waals surface area contributed by atoms with Gasteiger partial charge in [0.15, 0.2) is 0 Å². The van der Waals surface area contributed by atoms with Gasteiger partial charge in [-0.2, -0.15) is 13.2 Å². The molecule has 2 N–H and O–H groups in total. The Hall–Kier alpha value is -1.23. The summed E-state index contributed by atoms with van der Waals surface area (Å²) in [7, 11) is 0. The molecule has 0 bridgehead atoms. The lowest BCUT2D eigenvalue weighted by Gasteiger charge is -2.23. The van der Waals surface area contributed by atoms with Crippen molar-refractivity contribution in [2.75, 3.05) is 11.9 Å². The van der Waals surface area contributed by atoms with Gasteiger partial charge in [0.1, 0.15) is 0 Å². The van der Waals surface area contributed by atoms with E-state index in [1.54, 1.807) is 6.07 Å². The Morgan fingerprint density at radius 2 is 2.00 bits per heavy atom. The van der Waals surface area contributed by atoms with Gasteiger partial charge in [-0.15, -0.1) is 0 Å². The lowest BCUT2D eigenvalue weighted by atomic mass is 10.0. The van der Waals surface area contributed by atoms with Crippen LogP contribution >= 0.6 is 0 Å². The average molecular weight is 300 g/mol. The SMILES string of the molecule is CC(CC1CCCCCN1)Nc1ccccc1C(F)(F)F. The van der Waals surface area contributed by atoms with Gasteiger partial charge in [-0.3, -0.25) is 0 Å². The van der Waals surface area contributed by atoms with Crippen LogP contribution in [0.4, 0.5) is 18.9 Å². The van der Waals surface area contributed by atoms with Crippen molar-refractivity contribution < 1.29 is 13.2 Å². The Balaban J connectivity index is 1.97. The number of rotatable bonds is 4. The maximum atomic E-state index is 13.0. The number of alkyl halides is 3. The van der Waals surface area contributed by atoms with Crippen LogP contribution in [0.2, 0.25) is 0 Å². The second kappa shape index (κ2) is 7.16. The molecule has 1 aliphatic heterocycles. The fourth-order valence-corrected chi connectivity index (χ4v) is 2.91. The molecule has 21 heavy (non-hydrogen) atoms. The van der Waals surface area contributed by atoms with Crippen molar-refractivity contribution in [2.45, 2.75) is 57.3 Å². The largest absolute Gasteiger partial charge is 0.418 e. The van der Waals surface area contributed by atoms with E-state index < -0.39 is 11.7 Å². The number of benzene rings is 1. The summed E-state index contributed by atoms with van der Waals surface area (Å²) in [6, 6.07) is 6.08. The minimum absolute atomic E-state index is 0.00380. The standard InChI is InChI=1S/C16H23F3N2/c1-12(11-13-7-3-2-6-10-20-13)21-15-9-5-4-8-14(15)16(17,18)19/h4-5,8-9,12-13,20-21H,2-3,6-7,10-11H2,1H3. The lowest BCUT2D eigenvalue weighted by molar-refractivity contribution is -0.137. The number of hydrogen-bond acceptors (Lipinski definition) is 2. The molecule has 1 fully saturated rings. The lowest BCUT2D eigenvalue weighted by Crippen LogP contribution is -2.33. The van der Waals surface area contributed by atoms with Gasteiger partial charge in [0.05, 0.1) is 5.56 Å². The first-order valence-corrected chi connectivity index (χ1v) is 7.63. The first-order chi connectivity index (χ1) is 9.97. The van der Waals surface area contributed by atoms with E-state index in [2.05, 4.69) is 10.6 Å². The molecule has 0 radical (unpaired) electrons. The van der Waals surface area contributed by atoms with Crippen molar-refractivity contribution in [3.63, 3.8) is 0 Å². The van der Waals surface area contributed by atoms with Gasteiger partial charge < -0.3 is 10.6 Å². The molecule has 2 rings (SSSR count). The minimum Gasteiger partial charge on any atom is -0.382 e. The van der Waals surface area contributed by atoms with Crippen molar-refractivity contribution in [1.82, 2.24) is 5.32 Å². The molecule has 0 aromatic heterocycles. The molecule has 0 spiro atoms. The second-order valence-electron chi connectivity index (χ2n) is 5.82. The van der Waals surface area contributed by atoms with Gasteiger partial charge in [-0.05, 0) is 44.9 Å². The highest BCUT2D eigenvalue weighted by Gasteiger charge is 2.33. The van der Waals surface area contributed by atoms with Gasteiger partial charge in [-0.25, -0.2) is 0 Å². The Bertz CT molecular complexity index is 437. The molecule has 0 aliphatic carbocycles. The number of halogens is 3. The molecule has 0 amide bonds. The van der Waals surface area contributed by atoms with Crippen LogP contribution in [-0.2, 0) is 6.18 Å². The van der Waals surface area contributed by atoms with E-state index >= 15 is 0 Å². The Morgan fingerprint density at radius 1 is 1.24 bits per heavy atom. The second-order valence-corrected chi connectivity index (χ2v) is 5.82. The number of para-hydroxylation sites is 1. The molecule has 2 atom stereocenters. The topological polar surface area (TPSA) is 24.1 Å². The molecule has 0 saturated carbocycles. The van der Waals surface area contributed by atoms with Crippen LogP contribution < -0.4 is 10.6 Å². The fourth-order valence-electron chi connectivity index (χ4n) is 2.91. The van der Waals surface area contributed by atoms with E-state index in [9.17, 15) is 13.2 Å². The van der Waals surface area contributed by atoms with Crippen LogP contribution in [0.25, 0.3) is 0 Å². The van der Waals surface area contributed by atoms with Gasteiger partial charge >= 0.3 is 6.18 Å². The summed E-state index contributed by atoms with van der Waals surface area (Å²) in [5, 5.41) is 6.51. The van der Waals surface area contributed by atoms with Crippen molar-refractivity contribution in [3.8, 4) is 0 Å². The first kappa shape index (κ1) is 16.1. The van der Waals surface area contributed by atoms with E-state index in [0.29, 0.717) is 6.04 Å². The summed E-state index contributed by atoms with van der Waals surface area (Å²) in [4.78, 5) is 0. The number of hydrogen-bond donors (Lipinski definition) is 2. The summed E-state index contributed by atoms with van der Waals surface area (Å²) < 4.78 is 38.9. The third-order valence-electron chi connectivity index (χ3n) is 3.93. The number of anilines is 1. The summed E-state index contributed by atoms with van der Waals surface area (Å²) in [5.41, 5.74) is -0.420. The Labute approximate surface area is 124 Å². The highest BCUT2D eigenvalue weighted by atomic mass is 19.4. The molecule has 1 heterocycles. The van der Waals surface area contributed by atoms with Crippen LogP contribution in [0.15, 0.2) is 24.3 Å². The quantitative estimate of drug-likeness (QED) is 0.859. The van der Waals surface area contributed by atoms with Crippen LogP contribution in [0.1, 0.15) is 44.6 Å². The van der Waals surface area contributed by atoms with Gasteiger partial charge in [0, 0.05) is 17.8 Å². The predicted octanol–water partition coefficient (Wildman–Crippen LogP) is 4.43. The maximum absolute atomic E-state index is 13.0. The molecule has 118 valence electrons. The highest BCUT2D eigenvalue weighted by molar-refractivity contribution is 5.53. The molecule has 5 heteroatoms. The number of nitrogens with one attached hydrogen (secondary N) is 2.